The Labute approximate surface area is 161 Å². The minimum atomic E-state index is 0.196. The van der Waals surface area contributed by atoms with Crippen molar-refractivity contribution < 1.29 is 5.11 Å². The van der Waals surface area contributed by atoms with Gasteiger partial charge in [-0.15, -0.1) is 5.11 Å². The molecule has 1 aromatic heterocycles. The van der Waals surface area contributed by atoms with E-state index in [-0.39, 0.29) is 5.88 Å². The molecule has 4 nitrogen and oxygen atoms in total. The minimum Gasteiger partial charge on any atom is -0.493 e. The van der Waals surface area contributed by atoms with E-state index in [9.17, 15) is 5.11 Å². The Morgan fingerprint density at radius 3 is 2.69 bits per heavy atom. The molecule has 0 saturated carbocycles. The van der Waals surface area contributed by atoms with Gasteiger partial charge in [0.05, 0.1) is 17.2 Å². The third-order valence-corrected chi connectivity index (χ3v) is 6.31. The summed E-state index contributed by atoms with van der Waals surface area (Å²) in [6.45, 7) is 4.09. The maximum atomic E-state index is 10.9. The number of benzene rings is 2. The molecule has 0 amide bonds. The topological polar surface area (TPSA) is 49.9 Å². The molecule has 0 unspecified atom stereocenters. The van der Waals surface area contributed by atoms with Crippen LogP contribution < -0.4 is 0 Å². The van der Waals surface area contributed by atoms with Crippen LogP contribution >= 0.6 is 23.4 Å². The van der Waals surface area contributed by atoms with Crippen LogP contribution in [0.3, 0.4) is 0 Å². The number of aromatic nitrogens is 1. The monoisotopic (exact) mass is 385 g/mol. The number of aryl methyl sites for hydroxylation is 2. The van der Waals surface area contributed by atoms with E-state index >= 15 is 0 Å². The Morgan fingerprint density at radius 2 is 2.00 bits per heavy atom. The molecule has 0 spiro atoms. The van der Waals surface area contributed by atoms with Gasteiger partial charge in [-0.05, 0) is 48.7 Å². The standard InChI is InChI=1S/C20H20ClN3OS/c1-3-13-5-7-18-16(8-13)19(20(25)24(18)15-10-26-11-15)23-22-17-9-14(21)6-4-12(17)2/h4-9,15,25H,3,10-11H2,1-2H3. The number of hydrogen-bond donors (Lipinski definition) is 1. The Morgan fingerprint density at radius 1 is 1.19 bits per heavy atom. The molecule has 2 heterocycles. The molecule has 26 heavy (non-hydrogen) atoms. The molecule has 1 N–H and O–H groups in total. The highest BCUT2D eigenvalue weighted by Crippen LogP contribution is 2.45. The van der Waals surface area contributed by atoms with Crippen molar-refractivity contribution >= 4 is 45.6 Å². The largest absolute Gasteiger partial charge is 0.493 e. The number of halogens is 1. The summed E-state index contributed by atoms with van der Waals surface area (Å²) < 4.78 is 2.00. The zero-order valence-corrected chi connectivity index (χ0v) is 16.3. The molecule has 3 aromatic rings. The quantitative estimate of drug-likeness (QED) is 0.516. The molecule has 0 atom stereocenters. The highest BCUT2D eigenvalue weighted by atomic mass is 35.5. The van der Waals surface area contributed by atoms with Gasteiger partial charge in [-0.3, -0.25) is 0 Å². The fourth-order valence-corrected chi connectivity index (χ4v) is 4.10. The first-order chi connectivity index (χ1) is 12.6. The van der Waals surface area contributed by atoms with Gasteiger partial charge in [0.25, 0.3) is 0 Å². The van der Waals surface area contributed by atoms with E-state index in [0.717, 1.165) is 34.4 Å². The van der Waals surface area contributed by atoms with Gasteiger partial charge in [-0.25, -0.2) is 0 Å². The normalized spacial score (nSPS) is 15.0. The lowest BCUT2D eigenvalue weighted by molar-refractivity contribution is 0.406. The smallest absolute Gasteiger partial charge is 0.221 e. The van der Waals surface area contributed by atoms with E-state index in [4.69, 9.17) is 11.6 Å². The van der Waals surface area contributed by atoms with Crippen LogP contribution in [0.5, 0.6) is 5.88 Å². The van der Waals surface area contributed by atoms with Crippen LogP contribution in [0.1, 0.15) is 24.1 Å². The molecule has 4 rings (SSSR count). The Balaban J connectivity index is 1.86. The summed E-state index contributed by atoms with van der Waals surface area (Å²) in [4.78, 5) is 0. The molecule has 6 heteroatoms. The molecule has 2 aromatic carbocycles. The predicted molar refractivity (Wildman–Crippen MR) is 110 cm³/mol. The lowest BCUT2D eigenvalue weighted by atomic mass is 10.1. The number of nitrogens with zero attached hydrogens (tertiary/aromatic N) is 3. The van der Waals surface area contributed by atoms with Gasteiger partial charge < -0.3 is 9.67 Å². The number of aromatic hydroxyl groups is 1. The van der Waals surface area contributed by atoms with Gasteiger partial charge in [-0.2, -0.15) is 16.9 Å². The van der Waals surface area contributed by atoms with Crippen LogP contribution in [-0.4, -0.2) is 21.2 Å². The average Bonchev–Trinajstić information content (AvgIpc) is 2.86. The Hall–Kier alpha value is -1.98. The van der Waals surface area contributed by atoms with Crippen LogP contribution in [-0.2, 0) is 6.42 Å². The Kier molecular flexibility index (Phi) is 4.67. The van der Waals surface area contributed by atoms with E-state index in [2.05, 4.69) is 35.4 Å². The first-order valence-electron chi connectivity index (χ1n) is 8.70. The van der Waals surface area contributed by atoms with Crippen molar-refractivity contribution in [3.05, 3.63) is 52.5 Å². The van der Waals surface area contributed by atoms with E-state index in [1.807, 2.05) is 35.4 Å². The van der Waals surface area contributed by atoms with Gasteiger partial charge in [0, 0.05) is 21.9 Å². The maximum Gasteiger partial charge on any atom is 0.221 e. The molecular weight excluding hydrogens is 366 g/mol. The summed E-state index contributed by atoms with van der Waals surface area (Å²) in [5, 5.41) is 21.3. The first-order valence-corrected chi connectivity index (χ1v) is 10.2. The van der Waals surface area contributed by atoms with Crippen LogP contribution in [0.2, 0.25) is 5.02 Å². The third-order valence-electron chi connectivity index (χ3n) is 4.84. The van der Waals surface area contributed by atoms with E-state index in [1.54, 1.807) is 6.07 Å². The van der Waals surface area contributed by atoms with Crippen molar-refractivity contribution in [1.29, 1.82) is 0 Å². The highest BCUT2D eigenvalue weighted by molar-refractivity contribution is 8.00. The van der Waals surface area contributed by atoms with Gasteiger partial charge >= 0.3 is 0 Å². The summed E-state index contributed by atoms with van der Waals surface area (Å²) in [6.07, 6.45) is 0.936. The van der Waals surface area contributed by atoms with E-state index < -0.39 is 0 Å². The number of hydrogen-bond acceptors (Lipinski definition) is 4. The summed E-state index contributed by atoms with van der Waals surface area (Å²) in [7, 11) is 0. The number of azo groups is 1. The summed E-state index contributed by atoms with van der Waals surface area (Å²) in [6, 6.07) is 12.2. The molecule has 1 fully saturated rings. The fraction of sp³-hybridized carbons (Fsp3) is 0.300. The van der Waals surface area contributed by atoms with Crippen molar-refractivity contribution in [1.82, 2.24) is 4.57 Å². The molecule has 1 aliphatic heterocycles. The van der Waals surface area contributed by atoms with Crippen molar-refractivity contribution in [2.45, 2.75) is 26.3 Å². The van der Waals surface area contributed by atoms with E-state index in [0.29, 0.717) is 22.4 Å². The van der Waals surface area contributed by atoms with E-state index in [1.165, 1.54) is 5.56 Å². The molecule has 1 aliphatic rings. The summed E-state index contributed by atoms with van der Waals surface area (Å²) in [5.41, 5.74) is 4.47. The van der Waals surface area contributed by atoms with Crippen molar-refractivity contribution in [3.63, 3.8) is 0 Å². The van der Waals surface area contributed by atoms with Crippen molar-refractivity contribution in [2.75, 3.05) is 11.5 Å². The minimum absolute atomic E-state index is 0.196. The lowest BCUT2D eigenvalue weighted by Gasteiger charge is -2.27. The second-order valence-corrected chi connectivity index (χ2v) is 8.08. The van der Waals surface area contributed by atoms with Gasteiger partial charge in [0.15, 0.2) is 5.69 Å². The SMILES string of the molecule is CCc1ccc2c(c1)c(N=Nc1cc(Cl)ccc1C)c(O)n2C1CSC1. The zero-order chi connectivity index (χ0) is 18.3. The van der Waals surface area contributed by atoms with Crippen LogP contribution in [0, 0.1) is 6.92 Å². The van der Waals surface area contributed by atoms with Crippen molar-refractivity contribution in [2.24, 2.45) is 10.2 Å². The Bertz CT molecular complexity index is 1010. The van der Waals surface area contributed by atoms with Gasteiger partial charge in [0.1, 0.15) is 0 Å². The van der Waals surface area contributed by atoms with Crippen LogP contribution in [0.15, 0.2) is 46.6 Å². The predicted octanol–water partition coefficient (Wildman–Crippen LogP) is 6.57. The third kappa shape index (κ3) is 2.99. The van der Waals surface area contributed by atoms with Crippen LogP contribution in [0.25, 0.3) is 10.9 Å². The number of thioether (sulfide) groups is 1. The second kappa shape index (κ2) is 6.97. The first kappa shape index (κ1) is 17.4. The van der Waals surface area contributed by atoms with Gasteiger partial charge in [-0.1, -0.05) is 30.7 Å². The molecule has 1 saturated heterocycles. The number of fused-ring (bicyclic) bond motifs is 1. The van der Waals surface area contributed by atoms with Gasteiger partial charge in [0.2, 0.25) is 5.88 Å². The molecule has 0 radical (unpaired) electrons. The average molecular weight is 386 g/mol. The maximum absolute atomic E-state index is 10.9. The molecular formula is C20H20ClN3OS. The zero-order valence-electron chi connectivity index (χ0n) is 14.7. The molecule has 0 bridgehead atoms. The lowest BCUT2D eigenvalue weighted by Crippen LogP contribution is -2.22. The molecule has 134 valence electrons. The molecule has 0 aliphatic carbocycles. The summed E-state index contributed by atoms with van der Waals surface area (Å²) >= 11 is 7.97. The van der Waals surface area contributed by atoms with Crippen molar-refractivity contribution in [3.8, 4) is 5.88 Å². The summed E-state index contributed by atoms with van der Waals surface area (Å²) in [5.74, 6) is 2.22. The highest BCUT2D eigenvalue weighted by Gasteiger charge is 2.27. The fourth-order valence-electron chi connectivity index (χ4n) is 3.19. The van der Waals surface area contributed by atoms with Crippen LogP contribution in [0.4, 0.5) is 11.4 Å². The second-order valence-electron chi connectivity index (χ2n) is 6.57. The number of rotatable bonds is 4.